The van der Waals surface area contributed by atoms with Gasteiger partial charge in [-0.05, 0) is 44.5 Å². The number of aryl methyl sites for hydroxylation is 1. The number of allylic oxidation sites excluding steroid dienone is 1. The molecule has 3 atom stereocenters. The lowest BCUT2D eigenvalue weighted by Crippen LogP contribution is -2.40. The third-order valence-electron chi connectivity index (χ3n) is 11.7. The van der Waals surface area contributed by atoms with Crippen molar-refractivity contribution in [2.45, 2.75) is 52.0 Å². The first-order valence-electron chi connectivity index (χ1n) is 24.8. The maximum atomic E-state index is 14.2. The van der Waals surface area contributed by atoms with Gasteiger partial charge in [0.25, 0.3) is 23.6 Å². The molecule has 0 fully saturated rings. The number of pyridine rings is 1. The van der Waals surface area contributed by atoms with E-state index >= 15 is 0 Å². The zero-order valence-corrected chi connectivity index (χ0v) is 48.5. The Kier molecular flexibility index (Phi) is 20.9. The first-order chi connectivity index (χ1) is 39.2. The van der Waals surface area contributed by atoms with E-state index < -0.39 is 60.2 Å². The fourth-order valence-corrected chi connectivity index (χ4v) is 12.2. The highest BCUT2D eigenvalue weighted by atomic mass is 32.1. The molecule has 24 nitrogen and oxygen atoms in total. The lowest BCUT2D eigenvalue weighted by molar-refractivity contribution is -0.125. The van der Waals surface area contributed by atoms with Crippen LogP contribution in [0.3, 0.4) is 0 Å². The maximum Gasteiger partial charge on any atom is 0.277 e. The van der Waals surface area contributed by atoms with Crippen LogP contribution in [0.5, 0.6) is 0 Å². The highest BCUT2D eigenvalue weighted by molar-refractivity contribution is 7.16. The van der Waals surface area contributed by atoms with Crippen molar-refractivity contribution in [2.75, 3.05) is 66.2 Å². The van der Waals surface area contributed by atoms with Crippen molar-refractivity contribution in [2.24, 2.45) is 4.99 Å². The second-order valence-electron chi connectivity index (χ2n) is 17.4. The van der Waals surface area contributed by atoms with E-state index in [4.69, 9.17) is 38.9 Å². The summed E-state index contributed by atoms with van der Waals surface area (Å²) in [6.07, 6.45) is 0.124. The van der Waals surface area contributed by atoms with E-state index in [2.05, 4.69) is 46.9 Å². The fraction of sp³-hybridized carbons (Fsp3) is 0.327. The summed E-state index contributed by atoms with van der Waals surface area (Å²) < 4.78 is 21.2. The van der Waals surface area contributed by atoms with Crippen LogP contribution in [0.15, 0.2) is 75.5 Å². The largest absolute Gasteiger partial charge is 0.386 e. The van der Waals surface area contributed by atoms with Gasteiger partial charge in [-0.15, -0.1) is 45.3 Å². The topological polar surface area (TPSA) is 321 Å². The highest BCUT2D eigenvalue weighted by Crippen LogP contribution is 2.38. The Morgan fingerprint density at radius 1 is 0.778 bits per heavy atom. The summed E-state index contributed by atoms with van der Waals surface area (Å²) in [6.45, 7) is 5.64. The monoisotopic (exact) mass is 1200 g/mol. The van der Waals surface area contributed by atoms with Gasteiger partial charge in [-0.2, -0.15) is 0 Å². The number of aliphatic imine (C=N–C) groups is 1. The standard InChI is InChI=1S/C52H55N13O11S5/c1-7-36(61-39(68)22-76-18-17-75-16-15-73-5)55-26(2)30-14-13-29-41(56-30)32-23-78-49(58-32)34-25-79-51(60-34)43(44(69)28-11-9-8-10-12-28)62-38(67)20-54-46(71)42-35(21-74-6)81-52(64-42)65-47(72)40-27(3)80-50(63-40)31(19-37(66)53-4)57-45(70)33-24-77-48(29)59-33/h7-14,23-25,31,43-44,69H,15-22H2,1-6H3,(H,53,66)(H,54,71)(H,57,70)(H,61,68)(H,62,67)(H,64,65,72)/b36-7+,55-26?/t31-,43-,44-/m0/s1. The Bertz CT molecular complexity index is 3460. The molecule has 0 aliphatic carbocycles. The van der Waals surface area contributed by atoms with E-state index in [9.17, 15) is 33.9 Å². The van der Waals surface area contributed by atoms with Crippen LogP contribution in [0.4, 0.5) is 5.13 Å². The van der Waals surface area contributed by atoms with Crippen LogP contribution in [0, 0.1) is 6.92 Å². The number of aromatic nitrogens is 6. The van der Waals surface area contributed by atoms with Crippen molar-refractivity contribution in [1.82, 2.24) is 56.5 Å². The molecule has 0 saturated heterocycles. The van der Waals surface area contributed by atoms with E-state index in [1.807, 2.05) is 0 Å². The van der Waals surface area contributed by atoms with Crippen LogP contribution < -0.4 is 31.9 Å². The van der Waals surface area contributed by atoms with Crippen molar-refractivity contribution in [3.63, 3.8) is 0 Å². The SMILES string of the molecule is C/C=C(\N=C(C)c1ccc2c(n1)-c1csc(n1)-c1csc(n1)[C@H]([C@@H](O)c1ccccc1)NC(=O)CNC(=O)c1nc(sc1COC)NC(=O)c1nc(sc1C)[C@H](CC(=O)NC)NC(=O)c1csc-2n1)NC(=O)COCCOCCOC. The lowest BCUT2D eigenvalue weighted by Gasteiger charge is -2.23. The molecule has 29 heteroatoms. The number of carbonyl (C=O) groups excluding carboxylic acids is 6. The predicted octanol–water partition coefficient (Wildman–Crippen LogP) is 5.78. The smallest absolute Gasteiger partial charge is 0.277 e. The maximum absolute atomic E-state index is 14.2. The molecule has 7 N–H and O–H groups in total. The van der Waals surface area contributed by atoms with Gasteiger partial charge in [0.05, 0.1) is 68.3 Å². The first-order valence-corrected chi connectivity index (χ1v) is 29.1. The Hall–Kier alpha value is -7.45. The fourth-order valence-electron chi connectivity index (χ4n) is 7.72. The number of fused-ring (bicyclic) bond motifs is 14. The number of aliphatic hydroxyl groups excluding tert-OH is 1. The van der Waals surface area contributed by atoms with Crippen molar-refractivity contribution in [3.05, 3.63) is 119 Å². The normalized spacial score (nSPS) is 15.8. The van der Waals surface area contributed by atoms with Gasteiger partial charge < -0.3 is 50.6 Å². The molecule has 0 saturated carbocycles. The van der Waals surface area contributed by atoms with Crippen LogP contribution in [0.25, 0.3) is 32.7 Å². The molecule has 0 unspecified atom stereocenters. The molecule has 6 amide bonds. The van der Waals surface area contributed by atoms with Gasteiger partial charge in [-0.25, -0.2) is 34.9 Å². The average Bonchev–Trinajstić information content (AvgIpc) is 4.45. The van der Waals surface area contributed by atoms with E-state index in [1.165, 1.54) is 48.2 Å². The number of ether oxygens (including phenoxy) is 4. The van der Waals surface area contributed by atoms with E-state index in [1.54, 1.807) is 92.6 Å². The highest BCUT2D eigenvalue weighted by Gasteiger charge is 2.31. The van der Waals surface area contributed by atoms with Gasteiger partial charge in [0, 0.05) is 47.8 Å². The third kappa shape index (κ3) is 15.3. The van der Waals surface area contributed by atoms with Crippen LogP contribution in [0.1, 0.15) is 101 Å². The second-order valence-corrected chi connectivity index (χ2v) is 22.4. The van der Waals surface area contributed by atoms with Crippen molar-refractivity contribution in [3.8, 4) is 32.7 Å². The molecule has 1 aliphatic rings. The number of thiazole rings is 5. The van der Waals surface area contributed by atoms with Crippen molar-refractivity contribution >= 4 is 103 Å². The number of hydrogen-bond donors (Lipinski definition) is 7. The minimum atomic E-state index is -1.28. The Morgan fingerprint density at radius 2 is 1.52 bits per heavy atom. The zero-order chi connectivity index (χ0) is 57.6. The van der Waals surface area contributed by atoms with Crippen LogP contribution in [-0.4, -0.2) is 137 Å². The summed E-state index contributed by atoms with van der Waals surface area (Å²) in [5.41, 5.74) is 2.94. The molecule has 7 aromatic rings. The summed E-state index contributed by atoms with van der Waals surface area (Å²) in [4.78, 5) is 115. The minimum absolute atomic E-state index is 0.0113. The predicted molar refractivity (Wildman–Crippen MR) is 306 cm³/mol. The summed E-state index contributed by atoms with van der Waals surface area (Å²) in [5.74, 6) is -3.29. The zero-order valence-electron chi connectivity index (χ0n) is 44.4. The molecular weight excluding hydrogens is 1140 g/mol. The first kappa shape index (κ1) is 59.7. The number of rotatable bonds is 17. The molecule has 1 aromatic carbocycles. The molecule has 10 bridgehead atoms. The number of nitrogens with one attached hydrogen (secondary N) is 6. The van der Waals surface area contributed by atoms with Gasteiger partial charge in [-0.3, -0.25) is 34.1 Å². The Morgan fingerprint density at radius 3 is 2.28 bits per heavy atom. The molecule has 8 rings (SSSR count). The number of benzene rings is 1. The quantitative estimate of drug-likeness (QED) is 0.0420. The summed E-state index contributed by atoms with van der Waals surface area (Å²) >= 11 is 5.70. The lowest BCUT2D eigenvalue weighted by atomic mass is 10.0. The second kappa shape index (κ2) is 28.3. The average molecular weight is 1200 g/mol. The van der Waals surface area contributed by atoms with Crippen LogP contribution in [0.2, 0.25) is 0 Å². The van der Waals surface area contributed by atoms with Crippen molar-refractivity contribution < 1.29 is 52.8 Å². The Balaban J connectivity index is 1.17. The molecule has 81 heavy (non-hydrogen) atoms. The number of aliphatic hydroxyl groups is 1. The molecule has 0 spiro atoms. The third-order valence-corrected chi connectivity index (χ3v) is 16.4. The summed E-state index contributed by atoms with van der Waals surface area (Å²) in [5, 5.41) is 34.8. The molecular formula is C52H55N13O11S5. The molecule has 7 heterocycles. The molecule has 0 radical (unpaired) electrons. The van der Waals surface area contributed by atoms with Gasteiger partial charge in [0.2, 0.25) is 11.8 Å². The molecule has 6 aromatic heterocycles. The van der Waals surface area contributed by atoms with Crippen molar-refractivity contribution in [1.29, 1.82) is 0 Å². The van der Waals surface area contributed by atoms with Gasteiger partial charge >= 0.3 is 0 Å². The van der Waals surface area contributed by atoms with E-state index in [0.29, 0.717) is 84.2 Å². The van der Waals surface area contributed by atoms with E-state index in [-0.39, 0.29) is 59.3 Å². The number of carbonyl (C=O) groups is 6. The number of amides is 6. The van der Waals surface area contributed by atoms with Gasteiger partial charge in [0.1, 0.15) is 78.8 Å². The van der Waals surface area contributed by atoms with Crippen LogP contribution in [-0.2, 0) is 39.9 Å². The number of anilines is 1. The van der Waals surface area contributed by atoms with Gasteiger partial charge in [0.15, 0.2) is 5.13 Å². The molecule has 424 valence electrons. The number of nitrogens with zero attached hydrogens (tertiary/aromatic N) is 7. The Labute approximate surface area is 483 Å². The van der Waals surface area contributed by atoms with Gasteiger partial charge in [-0.1, -0.05) is 41.7 Å². The van der Waals surface area contributed by atoms with E-state index in [0.717, 1.165) is 22.7 Å². The van der Waals surface area contributed by atoms with Crippen LogP contribution >= 0.6 is 56.7 Å². The minimum Gasteiger partial charge on any atom is -0.386 e. The molecule has 1 aliphatic heterocycles. The summed E-state index contributed by atoms with van der Waals surface area (Å²) in [7, 11) is 4.46. The number of methoxy groups -OCH3 is 2. The number of hydrogen-bond acceptors (Lipinski definition) is 23. The summed E-state index contributed by atoms with van der Waals surface area (Å²) in [6, 6.07) is 10.1.